The zero-order chi connectivity index (χ0) is 12.7. The molecule has 1 rings (SSSR count). The number of aromatic nitrogens is 2. The van der Waals surface area contributed by atoms with Crippen molar-refractivity contribution >= 4 is 44.0 Å². The van der Waals surface area contributed by atoms with Crippen molar-refractivity contribution in [2.75, 3.05) is 6.26 Å². The second-order valence-electron chi connectivity index (χ2n) is 2.73. The number of hydrogen-bond donors (Lipinski definition) is 0. The van der Waals surface area contributed by atoms with E-state index in [-0.39, 0.29) is 0 Å². The number of nitrogens with zero attached hydrogens (tertiary/aromatic N) is 2. The van der Waals surface area contributed by atoms with Crippen LogP contribution in [0.25, 0.3) is 0 Å². The fraction of sp³-hybridized carbons (Fsp3) is 0.333. The smallest absolute Gasteiger partial charge is 0.221 e. The van der Waals surface area contributed by atoms with E-state index >= 15 is 0 Å². The summed E-state index contributed by atoms with van der Waals surface area (Å²) in [6, 6.07) is 0. The van der Waals surface area contributed by atoms with Gasteiger partial charge in [-0.05, 0) is 22.6 Å². The van der Waals surface area contributed by atoms with Crippen LogP contribution in [0.3, 0.4) is 0 Å². The molecule has 0 saturated heterocycles. The van der Waals surface area contributed by atoms with Gasteiger partial charge in [-0.2, -0.15) is 13.2 Å². The first-order valence-electron chi connectivity index (χ1n) is 3.54. The number of sulfone groups is 1. The van der Waals surface area contributed by atoms with Gasteiger partial charge in [-0.1, -0.05) is 11.6 Å². The van der Waals surface area contributed by atoms with Gasteiger partial charge in [-0.3, -0.25) is 0 Å². The van der Waals surface area contributed by atoms with E-state index in [1.807, 2.05) is 0 Å². The van der Waals surface area contributed by atoms with Crippen LogP contribution in [0, 0.1) is 3.57 Å². The van der Waals surface area contributed by atoms with Crippen LogP contribution in [0.15, 0.2) is 5.16 Å². The third-order valence-electron chi connectivity index (χ3n) is 1.39. The zero-order valence-electron chi connectivity index (χ0n) is 7.51. The maximum Gasteiger partial charge on any atom is 0.434 e. The van der Waals surface area contributed by atoms with Crippen LogP contribution in [-0.2, 0) is 16.0 Å². The maximum absolute atomic E-state index is 12.4. The summed E-state index contributed by atoms with van der Waals surface area (Å²) >= 11 is 6.71. The lowest BCUT2D eigenvalue weighted by Gasteiger charge is -2.09. The SMILES string of the molecule is CS(=O)(=O)c1nc(Cl)c(I)c(C(F)(F)F)n1. The highest BCUT2D eigenvalue weighted by Crippen LogP contribution is 2.34. The van der Waals surface area contributed by atoms with Crippen molar-refractivity contribution in [2.45, 2.75) is 11.3 Å². The average Bonchev–Trinajstić information content (AvgIpc) is 2.05. The number of halogens is 5. The van der Waals surface area contributed by atoms with E-state index in [2.05, 4.69) is 9.97 Å². The molecule has 0 amide bonds. The second kappa shape index (κ2) is 4.26. The second-order valence-corrected chi connectivity index (χ2v) is 6.08. The highest BCUT2D eigenvalue weighted by atomic mass is 127. The minimum absolute atomic E-state index is 0.431. The van der Waals surface area contributed by atoms with Crippen molar-refractivity contribution in [3.63, 3.8) is 0 Å². The molecular formula is C6H3ClF3IN2O2S. The molecule has 1 heterocycles. The largest absolute Gasteiger partial charge is 0.434 e. The van der Waals surface area contributed by atoms with Gasteiger partial charge < -0.3 is 0 Å². The third-order valence-corrected chi connectivity index (χ3v) is 3.85. The molecule has 10 heteroatoms. The molecule has 0 aliphatic heterocycles. The molecule has 0 saturated carbocycles. The predicted molar refractivity (Wildman–Crippen MR) is 57.9 cm³/mol. The van der Waals surface area contributed by atoms with Crippen LogP contribution >= 0.6 is 34.2 Å². The van der Waals surface area contributed by atoms with Crippen LogP contribution < -0.4 is 0 Å². The van der Waals surface area contributed by atoms with E-state index in [9.17, 15) is 21.6 Å². The molecule has 1 aromatic rings. The zero-order valence-corrected chi connectivity index (χ0v) is 11.2. The predicted octanol–water partition coefficient (Wildman–Crippen LogP) is 2.16. The molecule has 0 aliphatic rings. The molecule has 0 atom stereocenters. The van der Waals surface area contributed by atoms with Crippen LogP contribution in [0.4, 0.5) is 13.2 Å². The number of rotatable bonds is 1. The van der Waals surface area contributed by atoms with Crippen LogP contribution in [0.1, 0.15) is 5.69 Å². The van der Waals surface area contributed by atoms with Gasteiger partial charge in [0, 0.05) is 6.26 Å². The Hall–Kier alpha value is -0.160. The summed E-state index contributed by atoms with van der Waals surface area (Å²) in [4.78, 5) is 6.24. The Morgan fingerprint density at radius 3 is 2.19 bits per heavy atom. The highest BCUT2D eigenvalue weighted by molar-refractivity contribution is 14.1. The van der Waals surface area contributed by atoms with Gasteiger partial charge in [0.15, 0.2) is 5.69 Å². The fourth-order valence-electron chi connectivity index (χ4n) is 0.754. The molecule has 16 heavy (non-hydrogen) atoms. The summed E-state index contributed by atoms with van der Waals surface area (Å²) in [6.07, 6.45) is -4.08. The molecule has 0 bridgehead atoms. The Labute approximate surface area is 107 Å². The molecular weight excluding hydrogens is 383 g/mol. The van der Waals surface area contributed by atoms with E-state index in [4.69, 9.17) is 11.6 Å². The number of hydrogen-bond acceptors (Lipinski definition) is 4. The number of alkyl halides is 3. The summed E-state index contributed by atoms with van der Waals surface area (Å²) in [6.45, 7) is 0. The first-order chi connectivity index (χ1) is 7.03. The maximum atomic E-state index is 12.4. The van der Waals surface area contributed by atoms with E-state index in [1.54, 1.807) is 0 Å². The molecule has 0 N–H and O–H groups in total. The lowest BCUT2D eigenvalue weighted by molar-refractivity contribution is -0.142. The molecule has 0 aliphatic carbocycles. The van der Waals surface area contributed by atoms with E-state index in [0.717, 1.165) is 0 Å². The minimum Gasteiger partial charge on any atom is -0.221 e. The van der Waals surface area contributed by atoms with Gasteiger partial charge in [0.1, 0.15) is 5.15 Å². The molecule has 0 fully saturated rings. The third kappa shape index (κ3) is 2.94. The van der Waals surface area contributed by atoms with Crippen molar-refractivity contribution < 1.29 is 21.6 Å². The summed E-state index contributed by atoms with van der Waals surface area (Å²) in [5.74, 6) is 0. The first kappa shape index (κ1) is 13.9. The summed E-state index contributed by atoms with van der Waals surface area (Å²) in [7, 11) is -3.93. The van der Waals surface area contributed by atoms with Crippen molar-refractivity contribution in [3.8, 4) is 0 Å². The lowest BCUT2D eigenvalue weighted by Crippen LogP contribution is -2.16. The summed E-state index contributed by atoms with van der Waals surface area (Å²) in [5, 5.41) is -1.48. The molecule has 0 unspecified atom stereocenters. The van der Waals surface area contributed by atoms with Crippen LogP contribution in [-0.4, -0.2) is 24.6 Å². The van der Waals surface area contributed by atoms with Crippen molar-refractivity contribution in [2.24, 2.45) is 0 Å². The minimum atomic E-state index is -4.78. The molecule has 1 aromatic heterocycles. The topological polar surface area (TPSA) is 59.9 Å². The van der Waals surface area contributed by atoms with Crippen LogP contribution in [0.2, 0.25) is 5.15 Å². The molecule has 0 spiro atoms. The molecule has 4 nitrogen and oxygen atoms in total. The van der Waals surface area contributed by atoms with Gasteiger partial charge in [0.25, 0.3) is 0 Å². The monoisotopic (exact) mass is 386 g/mol. The van der Waals surface area contributed by atoms with Crippen molar-refractivity contribution in [1.29, 1.82) is 0 Å². The summed E-state index contributed by atoms with van der Waals surface area (Å²) < 4.78 is 59.0. The Bertz CT molecular complexity index is 531. The Kier molecular flexibility index (Phi) is 3.70. The summed E-state index contributed by atoms with van der Waals surface area (Å²) in [5.41, 5.74) is -1.35. The first-order valence-corrected chi connectivity index (χ1v) is 6.88. The highest BCUT2D eigenvalue weighted by Gasteiger charge is 2.37. The van der Waals surface area contributed by atoms with Gasteiger partial charge in [0.05, 0.1) is 3.57 Å². The van der Waals surface area contributed by atoms with Gasteiger partial charge in [-0.25, -0.2) is 18.4 Å². The van der Waals surface area contributed by atoms with Crippen molar-refractivity contribution in [3.05, 3.63) is 14.4 Å². The lowest BCUT2D eigenvalue weighted by atomic mass is 10.4. The van der Waals surface area contributed by atoms with Gasteiger partial charge in [-0.15, -0.1) is 0 Å². The molecule has 90 valence electrons. The average molecular weight is 387 g/mol. The fourth-order valence-corrected chi connectivity index (χ4v) is 2.04. The van der Waals surface area contributed by atoms with Gasteiger partial charge >= 0.3 is 6.18 Å². The Balaban J connectivity index is 3.59. The molecule has 0 aromatic carbocycles. The van der Waals surface area contributed by atoms with Crippen LogP contribution in [0.5, 0.6) is 0 Å². The van der Waals surface area contributed by atoms with E-state index in [1.165, 1.54) is 22.6 Å². The normalized spacial score (nSPS) is 12.9. The van der Waals surface area contributed by atoms with Gasteiger partial charge in [0.2, 0.25) is 15.0 Å². The standard InChI is InChI=1S/C6H3ClF3IN2O2S/c1-16(14,15)5-12-3(6(8,9)10)2(11)4(7)13-5/h1H3. The Morgan fingerprint density at radius 1 is 1.31 bits per heavy atom. The van der Waals surface area contributed by atoms with E-state index in [0.29, 0.717) is 6.26 Å². The quantitative estimate of drug-likeness (QED) is 0.422. The molecule has 0 radical (unpaired) electrons. The van der Waals surface area contributed by atoms with Crippen molar-refractivity contribution in [1.82, 2.24) is 9.97 Å². The van der Waals surface area contributed by atoms with E-state index < -0.39 is 35.6 Å². The Morgan fingerprint density at radius 2 is 1.81 bits per heavy atom.